The second-order valence-corrected chi connectivity index (χ2v) is 3.66. The molecular formula is C13H15NO3. The van der Waals surface area contributed by atoms with Gasteiger partial charge in [0.25, 0.3) is 0 Å². The van der Waals surface area contributed by atoms with Crippen LogP contribution in [0.4, 0.5) is 5.69 Å². The minimum atomic E-state index is -0.469. The van der Waals surface area contributed by atoms with Crippen LogP contribution in [0.2, 0.25) is 0 Å². The summed E-state index contributed by atoms with van der Waals surface area (Å²) < 4.78 is 10.3. The fourth-order valence-corrected chi connectivity index (χ4v) is 1.24. The number of nitrogen functional groups attached to an aromatic ring is 1. The molecule has 0 aliphatic carbocycles. The molecule has 4 nitrogen and oxygen atoms in total. The molecule has 0 unspecified atom stereocenters. The summed E-state index contributed by atoms with van der Waals surface area (Å²) >= 11 is 0. The van der Waals surface area contributed by atoms with E-state index in [9.17, 15) is 4.79 Å². The number of carbonyl (C=O) groups excluding carboxylic acids is 1. The Kier molecular flexibility index (Phi) is 4.41. The van der Waals surface area contributed by atoms with Crippen molar-refractivity contribution in [3.8, 4) is 18.1 Å². The minimum absolute atomic E-state index is 0.104. The first kappa shape index (κ1) is 12.9. The maximum absolute atomic E-state index is 11.7. The van der Waals surface area contributed by atoms with E-state index in [0.717, 1.165) is 0 Å². The number of carbonyl (C=O) groups is 1. The zero-order valence-corrected chi connectivity index (χ0v) is 9.90. The van der Waals surface area contributed by atoms with E-state index in [2.05, 4.69) is 5.92 Å². The summed E-state index contributed by atoms with van der Waals surface area (Å²) in [4.78, 5) is 11.7. The lowest BCUT2D eigenvalue weighted by atomic mass is 10.1. The molecule has 1 rings (SSSR count). The summed E-state index contributed by atoms with van der Waals surface area (Å²) in [7, 11) is 0. The fourth-order valence-electron chi connectivity index (χ4n) is 1.24. The Balaban J connectivity index is 2.94. The lowest BCUT2D eigenvalue weighted by molar-refractivity contribution is 0.0379. The maximum Gasteiger partial charge on any atom is 0.340 e. The summed E-state index contributed by atoms with van der Waals surface area (Å²) in [6, 6.07) is 4.90. The molecule has 0 radical (unpaired) electrons. The predicted octanol–water partition coefficient (Wildman–Crippen LogP) is 1.85. The lowest BCUT2D eigenvalue weighted by Crippen LogP contribution is -2.14. The van der Waals surface area contributed by atoms with Crippen LogP contribution in [0.15, 0.2) is 18.2 Å². The Hall–Kier alpha value is -2.15. The van der Waals surface area contributed by atoms with Gasteiger partial charge in [0.05, 0.1) is 17.4 Å². The lowest BCUT2D eigenvalue weighted by Gasteiger charge is -2.12. The van der Waals surface area contributed by atoms with Gasteiger partial charge >= 0.3 is 5.97 Å². The molecule has 0 atom stereocenters. The van der Waals surface area contributed by atoms with Crippen molar-refractivity contribution in [2.75, 3.05) is 12.3 Å². The number of anilines is 1. The second kappa shape index (κ2) is 5.80. The quantitative estimate of drug-likeness (QED) is 0.489. The Morgan fingerprint density at radius 2 is 2.24 bits per heavy atom. The van der Waals surface area contributed by atoms with Crippen molar-refractivity contribution in [3.63, 3.8) is 0 Å². The minimum Gasteiger partial charge on any atom is -0.479 e. The Morgan fingerprint density at radius 1 is 1.53 bits per heavy atom. The van der Waals surface area contributed by atoms with Gasteiger partial charge in [-0.1, -0.05) is 12.0 Å². The number of benzene rings is 1. The van der Waals surface area contributed by atoms with E-state index in [1.54, 1.807) is 32.0 Å². The number of para-hydroxylation sites is 1. The highest BCUT2D eigenvalue weighted by atomic mass is 16.5. The summed E-state index contributed by atoms with van der Waals surface area (Å²) in [5.41, 5.74) is 6.34. The Morgan fingerprint density at radius 3 is 2.82 bits per heavy atom. The average Bonchev–Trinajstić information content (AvgIpc) is 2.26. The van der Waals surface area contributed by atoms with Gasteiger partial charge in [0, 0.05) is 0 Å². The molecule has 0 bridgehead atoms. The summed E-state index contributed by atoms with van der Waals surface area (Å²) in [5.74, 6) is 2.25. The highest BCUT2D eigenvalue weighted by Crippen LogP contribution is 2.25. The van der Waals surface area contributed by atoms with Crippen LogP contribution in [0.5, 0.6) is 5.75 Å². The highest BCUT2D eigenvalue weighted by Gasteiger charge is 2.15. The Bertz CT molecular complexity index is 446. The first-order valence-electron chi connectivity index (χ1n) is 5.22. The summed E-state index contributed by atoms with van der Waals surface area (Å²) in [6.07, 6.45) is 4.89. The van der Waals surface area contributed by atoms with Crippen molar-refractivity contribution in [2.45, 2.75) is 20.0 Å². The maximum atomic E-state index is 11.7. The molecule has 2 N–H and O–H groups in total. The van der Waals surface area contributed by atoms with Gasteiger partial charge in [0.15, 0.2) is 0 Å². The van der Waals surface area contributed by atoms with Gasteiger partial charge in [-0.2, -0.15) is 0 Å². The first-order chi connectivity index (χ1) is 8.06. The van der Waals surface area contributed by atoms with Crippen LogP contribution in [-0.4, -0.2) is 18.7 Å². The molecule has 1 aromatic carbocycles. The number of rotatable bonds is 4. The smallest absolute Gasteiger partial charge is 0.340 e. The monoisotopic (exact) mass is 233 g/mol. The fraction of sp³-hybridized carbons (Fsp3) is 0.308. The van der Waals surface area contributed by atoms with E-state index in [0.29, 0.717) is 5.75 Å². The number of nitrogens with two attached hydrogens (primary N) is 1. The third kappa shape index (κ3) is 3.42. The summed E-state index contributed by atoms with van der Waals surface area (Å²) in [5, 5.41) is 0. The highest BCUT2D eigenvalue weighted by molar-refractivity contribution is 5.96. The molecular weight excluding hydrogens is 218 g/mol. The van der Waals surface area contributed by atoms with Gasteiger partial charge in [-0.3, -0.25) is 0 Å². The number of hydrogen-bond donors (Lipinski definition) is 1. The first-order valence-corrected chi connectivity index (χ1v) is 5.22. The molecule has 0 saturated carbocycles. The van der Waals surface area contributed by atoms with Gasteiger partial charge in [-0.15, -0.1) is 6.42 Å². The van der Waals surface area contributed by atoms with E-state index in [1.165, 1.54) is 0 Å². The van der Waals surface area contributed by atoms with E-state index < -0.39 is 5.97 Å². The largest absolute Gasteiger partial charge is 0.479 e. The number of ether oxygens (including phenoxy) is 2. The summed E-state index contributed by atoms with van der Waals surface area (Å²) in [6.45, 7) is 3.65. The van der Waals surface area contributed by atoms with Crippen molar-refractivity contribution < 1.29 is 14.3 Å². The molecule has 0 aliphatic heterocycles. The van der Waals surface area contributed by atoms with Crippen molar-refractivity contribution >= 4 is 11.7 Å². The van der Waals surface area contributed by atoms with Crippen LogP contribution in [-0.2, 0) is 4.74 Å². The van der Waals surface area contributed by atoms with Gasteiger partial charge < -0.3 is 15.2 Å². The van der Waals surface area contributed by atoms with Crippen LogP contribution in [0.3, 0.4) is 0 Å². The van der Waals surface area contributed by atoms with E-state index in [4.69, 9.17) is 21.6 Å². The molecule has 0 fully saturated rings. The van der Waals surface area contributed by atoms with Crippen molar-refractivity contribution in [3.05, 3.63) is 23.8 Å². The van der Waals surface area contributed by atoms with Gasteiger partial charge in [0.2, 0.25) is 0 Å². The average molecular weight is 233 g/mol. The molecule has 0 saturated heterocycles. The van der Waals surface area contributed by atoms with Crippen LogP contribution in [0.25, 0.3) is 0 Å². The van der Waals surface area contributed by atoms with E-state index >= 15 is 0 Å². The van der Waals surface area contributed by atoms with Gasteiger partial charge in [0.1, 0.15) is 12.4 Å². The molecule has 0 aliphatic rings. The third-order valence-corrected chi connectivity index (χ3v) is 1.94. The normalized spacial score (nSPS) is 9.76. The number of esters is 1. The third-order valence-electron chi connectivity index (χ3n) is 1.94. The second-order valence-electron chi connectivity index (χ2n) is 3.66. The van der Waals surface area contributed by atoms with Crippen molar-refractivity contribution in [1.82, 2.24) is 0 Å². The zero-order valence-electron chi connectivity index (χ0n) is 9.90. The Labute approximate surface area is 101 Å². The molecule has 1 aromatic rings. The van der Waals surface area contributed by atoms with Gasteiger partial charge in [-0.25, -0.2) is 4.79 Å². The topological polar surface area (TPSA) is 61.5 Å². The molecule has 0 spiro atoms. The van der Waals surface area contributed by atoms with E-state index in [1.807, 2.05) is 0 Å². The molecule has 4 heteroatoms. The van der Waals surface area contributed by atoms with Crippen LogP contribution < -0.4 is 10.5 Å². The van der Waals surface area contributed by atoms with Crippen molar-refractivity contribution in [1.29, 1.82) is 0 Å². The molecule has 0 heterocycles. The van der Waals surface area contributed by atoms with Crippen LogP contribution in [0.1, 0.15) is 24.2 Å². The number of hydrogen-bond acceptors (Lipinski definition) is 4. The van der Waals surface area contributed by atoms with Crippen molar-refractivity contribution in [2.24, 2.45) is 0 Å². The molecule has 90 valence electrons. The molecule has 0 aromatic heterocycles. The van der Waals surface area contributed by atoms with Crippen LogP contribution in [0, 0.1) is 12.3 Å². The SMILES string of the molecule is C#CCOc1cccc(C(=O)OC(C)C)c1N. The van der Waals surface area contributed by atoms with E-state index in [-0.39, 0.29) is 24.0 Å². The number of terminal acetylenes is 1. The molecule has 0 amide bonds. The standard InChI is InChI=1S/C13H15NO3/c1-4-8-16-11-7-5-6-10(12(11)14)13(15)17-9(2)3/h1,5-7,9H,8,14H2,2-3H3. The predicted molar refractivity (Wildman–Crippen MR) is 65.7 cm³/mol. The molecule has 17 heavy (non-hydrogen) atoms. The van der Waals surface area contributed by atoms with Gasteiger partial charge in [-0.05, 0) is 26.0 Å². The van der Waals surface area contributed by atoms with Crippen LogP contribution >= 0.6 is 0 Å². The zero-order chi connectivity index (χ0) is 12.8.